The van der Waals surface area contributed by atoms with Gasteiger partial charge in [0.15, 0.2) is 0 Å². The van der Waals surface area contributed by atoms with Gasteiger partial charge in [-0.05, 0) is 98.2 Å². The van der Waals surface area contributed by atoms with Gasteiger partial charge in [0.1, 0.15) is 0 Å². The molecule has 3 aromatic carbocycles. The van der Waals surface area contributed by atoms with E-state index in [-0.39, 0.29) is 24.4 Å². The minimum Gasteiger partial charge on any atom is -0.351 e. The first-order valence-electron chi connectivity index (χ1n) is 15.2. The Labute approximate surface area is 258 Å². The monoisotopic (exact) mass is 589 g/mol. The van der Waals surface area contributed by atoms with E-state index in [2.05, 4.69) is 35.3 Å². The first-order chi connectivity index (χ1) is 21.1. The molecule has 1 atom stereocenters. The lowest BCUT2D eigenvalue weighted by Crippen LogP contribution is -2.43. The van der Waals surface area contributed by atoms with E-state index in [0.29, 0.717) is 30.9 Å². The van der Waals surface area contributed by atoms with Gasteiger partial charge in [-0.1, -0.05) is 42.5 Å². The summed E-state index contributed by atoms with van der Waals surface area (Å²) in [5.74, 6) is -0.148. The van der Waals surface area contributed by atoms with Crippen molar-refractivity contribution in [3.8, 4) is 11.3 Å². The van der Waals surface area contributed by atoms with Crippen molar-refractivity contribution >= 4 is 23.5 Å². The molecule has 0 unspecified atom stereocenters. The third kappa shape index (κ3) is 5.42. The second kappa shape index (κ2) is 11.8. The van der Waals surface area contributed by atoms with Gasteiger partial charge in [0.05, 0.1) is 12.2 Å². The van der Waals surface area contributed by atoms with Crippen LogP contribution in [0.4, 0.5) is 10.5 Å². The van der Waals surface area contributed by atoms with Gasteiger partial charge >= 0.3 is 6.03 Å². The molecule has 4 aromatic rings. The molecule has 2 aliphatic rings. The summed E-state index contributed by atoms with van der Waals surface area (Å²) in [6, 6.07) is 21.2. The van der Waals surface area contributed by atoms with E-state index in [1.165, 1.54) is 5.56 Å². The molecule has 3 amide bonds. The molecule has 44 heavy (non-hydrogen) atoms. The second-order valence-electron chi connectivity index (χ2n) is 12.2. The van der Waals surface area contributed by atoms with Crippen LogP contribution in [0.3, 0.4) is 0 Å². The molecule has 0 bridgehead atoms. The second-order valence-corrected chi connectivity index (χ2v) is 12.2. The van der Waals surface area contributed by atoms with Crippen LogP contribution in [0, 0.1) is 20.8 Å². The molecule has 8 nitrogen and oxygen atoms in total. The molecular formula is C36H39N5O3. The van der Waals surface area contributed by atoms with Crippen LogP contribution in [0.15, 0.2) is 66.7 Å². The number of para-hydroxylation sites is 1. The molecule has 3 heterocycles. The highest BCUT2D eigenvalue weighted by Crippen LogP contribution is 2.37. The van der Waals surface area contributed by atoms with Gasteiger partial charge in [-0.25, -0.2) is 4.79 Å². The van der Waals surface area contributed by atoms with Gasteiger partial charge in [0.25, 0.3) is 5.91 Å². The maximum absolute atomic E-state index is 14.6. The van der Waals surface area contributed by atoms with Crippen LogP contribution in [0.2, 0.25) is 0 Å². The first-order valence-corrected chi connectivity index (χ1v) is 15.2. The number of rotatable bonds is 5. The van der Waals surface area contributed by atoms with Crippen LogP contribution in [0.1, 0.15) is 56.4 Å². The summed E-state index contributed by atoms with van der Waals surface area (Å²) in [4.78, 5) is 44.2. The van der Waals surface area contributed by atoms with E-state index in [1.807, 2.05) is 74.2 Å². The van der Waals surface area contributed by atoms with Crippen LogP contribution in [0.25, 0.3) is 11.3 Å². The number of nitrogens with two attached hydrogens (primary N) is 1. The largest absolute Gasteiger partial charge is 0.351 e. The normalized spacial score (nSPS) is 16.3. The SMILES string of the molecule is Cc1c(C)c(-c2cc3c(cc2C(=O)N2Cc4ccccc4C[C@H]2C)CN(CC(=O)Nc2ccccc2)CC3)n(C(N)=O)c1C. The van der Waals surface area contributed by atoms with Crippen molar-refractivity contribution in [1.29, 1.82) is 0 Å². The Morgan fingerprint density at radius 3 is 2.30 bits per heavy atom. The van der Waals surface area contributed by atoms with Crippen molar-refractivity contribution in [2.45, 2.75) is 59.7 Å². The Kier molecular flexibility index (Phi) is 7.86. The van der Waals surface area contributed by atoms with Crippen molar-refractivity contribution < 1.29 is 14.4 Å². The van der Waals surface area contributed by atoms with Gasteiger partial charge in [-0.3, -0.25) is 19.1 Å². The zero-order valence-electron chi connectivity index (χ0n) is 25.8. The van der Waals surface area contributed by atoms with Crippen LogP contribution >= 0.6 is 0 Å². The van der Waals surface area contributed by atoms with E-state index in [9.17, 15) is 14.4 Å². The molecule has 0 fully saturated rings. The standard InChI is InChI=1S/C36H39N5O3/c1-22-16-26-10-8-9-11-28(26)20-40(22)35(43)32-18-29-19-39(21-33(42)38-30-12-6-5-7-13-30)15-14-27(29)17-31(32)34-24(3)23(2)25(4)41(34)36(37)44/h5-13,17-18,22H,14-16,19-21H2,1-4H3,(H2,37,44)(H,38,42)/t22-/m1/s1. The molecule has 3 N–H and O–H groups in total. The van der Waals surface area contributed by atoms with Crippen molar-refractivity contribution in [2.75, 3.05) is 18.4 Å². The zero-order valence-corrected chi connectivity index (χ0v) is 25.8. The fourth-order valence-corrected chi connectivity index (χ4v) is 6.76. The number of aromatic nitrogens is 1. The average Bonchev–Trinajstić information content (AvgIpc) is 3.24. The third-order valence-corrected chi connectivity index (χ3v) is 9.35. The average molecular weight is 590 g/mol. The van der Waals surface area contributed by atoms with Crippen molar-refractivity contribution in [2.24, 2.45) is 5.73 Å². The molecule has 0 radical (unpaired) electrons. The van der Waals surface area contributed by atoms with Crippen molar-refractivity contribution in [1.82, 2.24) is 14.4 Å². The Morgan fingerprint density at radius 1 is 0.864 bits per heavy atom. The number of nitrogens with one attached hydrogen (secondary N) is 1. The topological polar surface area (TPSA) is 101 Å². The predicted molar refractivity (Wildman–Crippen MR) is 173 cm³/mol. The summed E-state index contributed by atoms with van der Waals surface area (Å²) in [5, 5.41) is 2.97. The van der Waals surface area contributed by atoms with Gasteiger partial charge < -0.3 is 16.0 Å². The first kappa shape index (κ1) is 29.4. The summed E-state index contributed by atoms with van der Waals surface area (Å²) in [6.07, 6.45) is 1.50. The van der Waals surface area contributed by atoms with Crippen molar-refractivity contribution in [3.63, 3.8) is 0 Å². The number of primary amides is 1. The van der Waals surface area contributed by atoms with E-state index >= 15 is 0 Å². The van der Waals surface area contributed by atoms with Gasteiger partial charge in [0.2, 0.25) is 5.91 Å². The highest BCUT2D eigenvalue weighted by atomic mass is 16.2. The smallest absolute Gasteiger partial charge is 0.323 e. The van der Waals surface area contributed by atoms with Gasteiger partial charge in [-0.2, -0.15) is 0 Å². The summed E-state index contributed by atoms with van der Waals surface area (Å²) in [6.45, 7) is 9.96. The third-order valence-electron chi connectivity index (χ3n) is 9.35. The maximum atomic E-state index is 14.6. The Bertz CT molecular complexity index is 1770. The molecule has 0 saturated heterocycles. The van der Waals surface area contributed by atoms with E-state index in [1.54, 1.807) is 4.57 Å². The van der Waals surface area contributed by atoms with Crippen LogP contribution in [0.5, 0.6) is 0 Å². The van der Waals surface area contributed by atoms with Gasteiger partial charge in [0, 0.05) is 48.2 Å². The molecule has 226 valence electrons. The molecular weight excluding hydrogens is 550 g/mol. The fourth-order valence-electron chi connectivity index (χ4n) is 6.76. The number of nitrogens with zero attached hydrogens (tertiary/aromatic N) is 3. The Hall–Kier alpha value is -4.69. The fraction of sp³-hybridized carbons (Fsp3) is 0.306. The molecule has 8 heteroatoms. The van der Waals surface area contributed by atoms with Crippen LogP contribution in [-0.2, 0) is 30.7 Å². The lowest BCUT2D eigenvalue weighted by atomic mass is 9.89. The number of carbonyl (C=O) groups excluding carboxylic acids is 3. The summed E-state index contributed by atoms with van der Waals surface area (Å²) in [5.41, 5.74) is 15.9. The number of amides is 3. The minimum atomic E-state index is -0.569. The van der Waals surface area contributed by atoms with E-state index in [0.717, 1.165) is 57.6 Å². The van der Waals surface area contributed by atoms with Crippen LogP contribution < -0.4 is 11.1 Å². The predicted octanol–water partition coefficient (Wildman–Crippen LogP) is 5.59. The number of carbonyl (C=O) groups is 3. The number of hydrogen-bond acceptors (Lipinski definition) is 4. The molecule has 0 saturated carbocycles. The number of anilines is 1. The molecule has 2 aliphatic heterocycles. The molecule has 0 spiro atoms. The molecule has 6 rings (SSSR count). The number of fused-ring (bicyclic) bond motifs is 2. The Morgan fingerprint density at radius 2 is 1.57 bits per heavy atom. The van der Waals surface area contributed by atoms with Gasteiger partial charge in [-0.15, -0.1) is 0 Å². The maximum Gasteiger partial charge on any atom is 0.323 e. The Balaban J connectivity index is 1.39. The number of hydrogen-bond donors (Lipinski definition) is 2. The highest BCUT2D eigenvalue weighted by molar-refractivity contribution is 6.03. The van der Waals surface area contributed by atoms with E-state index < -0.39 is 6.03 Å². The minimum absolute atomic E-state index is 0.00644. The van der Waals surface area contributed by atoms with Crippen molar-refractivity contribution in [3.05, 3.63) is 111 Å². The summed E-state index contributed by atoms with van der Waals surface area (Å²) >= 11 is 0. The lowest BCUT2D eigenvalue weighted by molar-refractivity contribution is -0.117. The molecule has 1 aromatic heterocycles. The number of benzene rings is 3. The van der Waals surface area contributed by atoms with Crippen LogP contribution in [-0.4, -0.2) is 51.3 Å². The lowest BCUT2D eigenvalue weighted by Gasteiger charge is -2.36. The molecule has 0 aliphatic carbocycles. The highest BCUT2D eigenvalue weighted by Gasteiger charge is 2.32. The summed E-state index contributed by atoms with van der Waals surface area (Å²) < 4.78 is 1.54. The van der Waals surface area contributed by atoms with E-state index in [4.69, 9.17) is 5.73 Å². The zero-order chi connectivity index (χ0) is 31.1. The summed E-state index contributed by atoms with van der Waals surface area (Å²) in [7, 11) is 0. The quantitative estimate of drug-likeness (QED) is 0.317.